The van der Waals surface area contributed by atoms with Crippen LogP contribution in [0.5, 0.6) is 0 Å². The Morgan fingerprint density at radius 2 is 1.84 bits per heavy atom. The summed E-state index contributed by atoms with van der Waals surface area (Å²) in [7, 11) is 0. The molecule has 0 radical (unpaired) electrons. The number of likely N-dealkylation sites (tertiary alicyclic amines) is 1. The van der Waals surface area contributed by atoms with Gasteiger partial charge in [0.05, 0.1) is 12.3 Å². The Bertz CT molecular complexity index is 526. The van der Waals surface area contributed by atoms with Crippen molar-refractivity contribution in [2.45, 2.75) is 31.7 Å². The van der Waals surface area contributed by atoms with Crippen molar-refractivity contribution < 1.29 is 4.42 Å². The molecule has 2 N–H and O–H groups in total. The predicted octanol–water partition coefficient (Wildman–Crippen LogP) is 3.31. The lowest BCUT2D eigenvalue weighted by atomic mass is 10.0. The predicted molar refractivity (Wildman–Crippen MR) is 78.1 cm³/mol. The van der Waals surface area contributed by atoms with Crippen LogP contribution in [0.1, 0.15) is 37.3 Å². The molecular weight excluding hydrogens is 236 g/mol. The zero-order valence-electron chi connectivity index (χ0n) is 11.3. The third-order valence-corrected chi connectivity index (χ3v) is 4.17. The van der Waals surface area contributed by atoms with Crippen LogP contribution in [-0.4, -0.2) is 24.5 Å². The topological polar surface area (TPSA) is 42.4 Å². The summed E-state index contributed by atoms with van der Waals surface area (Å²) in [4.78, 5) is 2.53. The molecule has 0 saturated carbocycles. The highest BCUT2D eigenvalue weighted by Crippen LogP contribution is 2.30. The van der Waals surface area contributed by atoms with Crippen molar-refractivity contribution in [1.82, 2.24) is 4.90 Å². The Labute approximate surface area is 114 Å². The van der Waals surface area contributed by atoms with Crippen LogP contribution in [0.25, 0.3) is 11.0 Å². The molecule has 1 aliphatic rings. The van der Waals surface area contributed by atoms with Gasteiger partial charge in [-0.05, 0) is 32.0 Å². The van der Waals surface area contributed by atoms with E-state index in [2.05, 4.69) is 17.0 Å². The minimum atomic E-state index is 0.293. The monoisotopic (exact) mass is 258 g/mol. The molecule has 2 aromatic rings. The third kappa shape index (κ3) is 2.53. The zero-order valence-corrected chi connectivity index (χ0v) is 11.3. The number of benzene rings is 1. The molecule has 1 aromatic carbocycles. The summed E-state index contributed by atoms with van der Waals surface area (Å²) in [6, 6.07) is 8.53. The lowest BCUT2D eigenvalue weighted by molar-refractivity contribution is 0.210. The first-order valence-corrected chi connectivity index (χ1v) is 7.30. The summed E-state index contributed by atoms with van der Waals surface area (Å²) in [5.74, 6) is 0. The van der Waals surface area contributed by atoms with Crippen molar-refractivity contribution in [2.75, 3.05) is 19.6 Å². The van der Waals surface area contributed by atoms with E-state index in [4.69, 9.17) is 10.2 Å². The number of rotatable bonds is 3. The highest BCUT2D eigenvalue weighted by atomic mass is 16.3. The second-order valence-electron chi connectivity index (χ2n) is 5.39. The number of nitrogens with two attached hydrogens (primary N) is 1. The summed E-state index contributed by atoms with van der Waals surface area (Å²) in [5, 5.41) is 1.21. The zero-order chi connectivity index (χ0) is 13.1. The van der Waals surface area contributed by atoms with Gasteiger partial charge in [-0.1, -0.05) is 31.0 Å². The summed E-state index contributed by atoms with van der Waals surface area (Å²) in [6.45, 7) is 2.96. The van der Waals surface area contributed by atoms with Crippen molar-refractivity contribution in [3.05, 3.63) is 36.1 Å². The van der Waals surface area contributed by atoms with Crippen LogP contribution in [0.2, 0.25) is 0 Å². The van der Waals surface area contributed by atoms with E-state index >= 15 is 0 Å². The Balaban J connectivity index is 1.92. The molecule has 1 aliphatic heterocycles. The molecule has 0 aliphatic carbocycles. The Morgan fingerprint density at radius 3 is 2.58 bits per heavy atom. The van der Waals surface area contributed by atoms with E-state index in [1.807, 2.05) is 18.4 Å². The summed E-state index contributed by atoms with van der Waals surface area (Å²) < 4.78 is 5.67. The first-order chi connectivity index (χ1) is 9.40. The van der Waals surface area contributed by atoms with Gasteiger partial charge in [0.2, 0.25) is 0 Å². The molecule has 19 heavy (non-hydrogen) atoms. The van der Waals surface area contributed by atoms with E-state index in [-0.39, 0.29) is 0 Å². The maximum Gasteiger partial charge on any atom is 0.134 e. The van der Waals surface area contributed by atoms with Gasteiger partial charge in [-0.25, -0.2) is 0 Å². The van der Waals surface area contributed by atoms with Crippen LogP contribution in [0.15, 0.2) is 34.9 Å². The smallest absolute Gasteiger partial charge is 0.134 e. The minimum absolute atomic E-state index is 0.293. The molecule has 2 heterocycles. The quantitative estimate of drug-likeness (QED) is 0.918. The van der Waals surface area contributed by atoms with Crippen LogP contribution in [0.3, 0.4) is 0 Å². The van der Waals surface area contributed by atoms with E-state index in [1.54, 1.807) is 0 Å². The number of nitrogens with zero attached hydrogens (tertiary/aromatic N) is 1. The maximum absolute atomic E-state index is 6.05. The van der Waals surface area contributed by atoms with Crippen molar-refractivity contribution >= 4 is 11.0 Å². The molecule has 102 valence electrons. The van der Waals surface area contributed by atoms with Gasteiger partial charge < -0.3 is 10.2 Å². The Kier molecular flexibility index (Phi) is 3.85. The molecule has 3 heteroatoms. The number of hydrogen-bond acceptors (Lipinski definition) is 3. The van der Waals surface area contributed by atoms with E-state index in [9.17, 15) is 0 Å². The summed E-state index contributed by atoms with van der Waals surface area (Å²) >= 11 is 0. The summed E-state index contributed by atoms with van der Waals surface area (Å²) in [6.07, 6.45) is 7.16. The summed E-state index contributed by atoms with van der Waals surface area (Å²) in [5.41, 5.74) is 8.27. The van der Waals surface area contributed by atoms with Crippen LogP contribution in [-0.2, 0) is 0 Å². The lowest BCUT2D eigenvalue weighted by Gasteiger charge is -2.29. The number of furan rings is 1. The van der Waals surface area contributed by atoms with Gasteiger partial charge in [0.25, 0.3) is 0 Å². The maximum atomic E-state index is 6.05. The molecule has 0 amide bonds. The Morgan fingerprint density at radius 1 is 1.11 bits per heavy atom. The van der Waals surface area contributed by atoms with Gasteiger partial charge in [0.15, 0.2) is 0 Å². The van der Waals surface area contributed by atoms with Crippen molar-refractivity contribution in [2.24, 2.45) is 5.73 Å². The minimum Gasteiger partial charge on any atom is -0.464 e. The first kappa shape index (κ1) is 12.7. The average molecular weight is 258 g/mol. The van der Waals surface area contributed by atoms with Gasteiger partial charge in [0.1, 0.15) is 5.58 Å². The first-order valence-electron chi connectivity index (χ1n) is 7.30. The molecule has 3 rings (SSSR count). The van der Waals surface area contributed by atoms with Gasteiger partial charge in [-0.3, -0.25) is 4.90 Å². The van der Waals surface area contributed by atoms with Crippen LogP contribution in [0.4, 0.5) is 0 Å². The van der Waals surface area contributed by atoms with Crippen molar-refractivity contribution in [3.63, 3.8) is 0 Å². The molecule has 3 nitrogen and oxygen atoms in total. The van der Waals surface area contributed by atoms with Crippen LogP contribution < -0.4 is 5.73 Å². The lowest BCUT2D eigenvalue weighted by Crippen LogP contribution is -2.34. The number of para-hydroxylation sites is 1. The Hall–Kier alpha value is -1.32. The van der Waals surface area contributed by atoms with E-state index in [0.717, 1.165) is 18.7 Å². The molecule has 1 atom stereocenters. The van der Waals surface area contributed by atoms with Gasteiger partial charge in [-0.15, -0.1) is 0 Å². The van der Waals surface area contributed by atoms with Crippen molar-refractivity contribution in [3.8, 4) is 0 Å². The third-order valence-electron chi connectivity index (χ3n) is 4.17. The van der Waals surface area contributed by atoms with E-state index in [0.29, 0.717) is 12.6 Å². The normalized spacial score (nSPS) is 19.4. The molecular formula is C16H22N2O. The highest BCUT2D eigenvalue weighted by molar-refractivity contribution is 5.81. The fraction of sp³-hybridized carbons (Fsp3) is 0.500. The van der Waals surface area contributed by atoms with Gasteiger partial charge in [0, 0.05) is 17.5 Å². The highest BCUT2D eigenvalue weighted by Gasteiger charge is 2.23. The SMILES string of the molecule is NCC(c1coc2ccccc12)N1CCCCCC1. The molecule has 0 spiro atoms. The number of fused-ring (bicyclic) bond motifs is 1. The molecule has 1 unspecified atom stereocenters. The molecule has 1 aromatic heterocycles. The molecule has 1 saturated heterocycles. The number of hydrogen-bond donors (Lipinski definition) is 1. The van der Waals surface area contributed by atoms with Crippen molar-refractivity contribution in [1.29, 1.82) is 0 Å². The second-order valence-corrected chi connectivity index (χ2v) is 5.39. The van der Waals surface area contributed by atoms with E-state index < -0.39 is 0 Å². The van der Waals surface area contributed by atoms with Crippen LogP contribution in [0, 0.1) is 0 Å². The molecule has 1 fully saturated rings. The second kappa shape index (κ2) is 5.76. The van der Waals surface area contributed by atoms with Gasteiger partial charge >= 0.3 is 0 Å². The van der Waals surface area contributed by atoms with Crippen LogP contribution >= 0.6 is 0 Å². The molecule has 0 bridgehead atoms. The fourth-order valence-corrected chi connectivity index (χ4v) is 3.14. The largest absolute Gasteiger partial charge is 0.464 e. The van der Waals surface area contributed by atoms with E-state index in [1.165, 1.54) is 36.6 Å². The van der Waals surface area contributed by atoms with Gasteiger partial charge in [-0.2, -0.15) is 0 Å². The average Bonchev–Trinajstić information content (AvgIpc) is 2.69. The fourth-order valence-electron chi connectivity index (χ4n) is 3.14. The standard InChI is InChI=1S/C16H22N2O/c17-11-15(18-9-5-1-2-6-10-18)14-12-19-16-8-4-3-7-13(14)16/h3-4,7-8,12,15H,1-2,5-6,9-11,17H2.